The second-order valence-corrected chi connectivity index (χ2v) is 17.1. The maximum absolute atomic E-state index is 5.19. The number of hydrogen-bond donors (Lipinski definition) is 0. The van der Waals surface area contributed by atoms with Gasteiger partial charge in [-0.1, -0.05) is 135 Å². The SMILES string of the molecule is C[Si](C)(C)c1cccc(N(c2ccccc2)c2ccc(-c3c4ccccc4c(-c4ccccc4)c4ccccc34)cc2)n1. The summed E-state index contributed by atoms with van der Waals surface area (Å²) in [5.74, 6) is 0.946. The van der Waals surface area contributed by atoms with Crippen LogP contribution in [-0.4, -0.2) is 13.1 Å². The number of hydrogen-bond acceptors (Lipinski definition) is 2. The van der Waals surface area contributed by atoms with E-state index in [-0.39, 0.29) is 0 Å². The molecule has 0 N–H and O–H groups in total. The monoisotopic (exact) mass is 570 g/mol. The van der Waals surface area contributed by atoms with Gasteiger partial charge in [0.15, 0.2) is 0 Å². The van der Waals surface area contributed by atoms with Crippen LogP contribution < -0.4 is 10.2 Å². The number of nitrogens with zero attached hydrogens (tertiary/aromatic N) is 2. The molecule has 0 fully saturated rings. The molecule has 0 aliphatic rings. The first-order valence-electron chi connectivity index (χ1n) is 14.9. The van der Waals surface area contributed by atoms with Crippen LogP contribution in [0.2, 0.25) is 19.6 Å². The van der Waals surface area contributed by atoms with Crippen molar-refractivity contribution >= 4 is 52.1 Å². The molecule has 0 unspecified atom stereocenters. The van der Waals surface area contributed by atoms with Gasteiger partial charge in [0.05, 0.1) is 0 Å². The zero-order valence-corrected chi connectivity index (χ0v) is 25.8. The van der Waals surface area contributed by atoms with Gasteiger partial charge in [-0.05, 0) is 80.2 Å². The van der Waals surface area contributed by atoms with Crippen LogP contribution in [0.25, 0.3) is 43.8 Å². The molecular formula is C40H34N2Si. The Morgan fingerprint density at radius 2 is 0.860 bits per heavy atom. The van der Waals surface area contributed by atoms with Crippen LogP contribution in [0, 0.1) is 0 Å². The Labute approximate surface area is 254 Å². The van der Waals surface area contributed by atoms with Crippen molar-refractivity contribution in [1.82, 2.24) is 4.98 Å². The summed E-state index contributed by atoms with van der Waals surface area (Å²) < 4.78 is 0. The Morgan fingerprint density at radius 1 is 0.419 bits per heavy atom. The van der Waals surface area contributed by atoms with Crippen LogP contribution in [0.4, 0.5) is 17.2 Å². The fourth-order valence-corrected chi connectivity index (χ4v) is 7.13. The lowest BCUT2D eigenvalue weighted by atomic mass is 9.86. The quantitative estimate of drug-likeness (QED) is 0.146. The molecule has 43 heavy (non-hydrogen) atoms. The van der Waals surface area contributed by atoms with Crippen LogP contribution in [-0.2, 0) is 0 Å². The molecule has 6 aromatic carbocycles. The third-order valence-corrected chi connectivity index (χ3v) is 9.97. The molecule has 0 saturated heterocycles. The normalized spacial score (nSPS) is 11.6. The Kier molecular flexibility index (Phi) is 6.88. The summed E-state index contributed by atoms with van der Waals surface area (Å²) in [7, 11) is -1.58. The predicted molar refractivity (Wildman–Crippen MR) is 188 cm³/mol. The molecule has 208 valence electrons. The molecule has 0 atom stereocenters. The molecule has 0 saturated carbocycles. The van der Waals surface area contributed by atoms with Crippen LogP contribution in [0.3, 0.4) is 0 Å². The second kappa shape index (κ2) is 11.0. The molecule has 1 heterocycles. The molecule has 0 bridgehead atoms. The van der Waals surface area contributed by atoms with E-state index in [4.69, 9.17) is 4.98 Å². The number of para-hydroxylation sites is 1. The topological polar surface area (TPSA) is 16.1 Å². The van der Waals surface area contributed by atoms with Crippen molar-refractivity contribution in [2.45, 2.75) is 19.6 Å². The average Bonchev–Trinajstić information content (AvgIpc) is 3.05. The third kappa shape index (κ3) is 5.02. The highest BCUT2D eigenvalue weighted by atomic mass is 28.3. The van der Waals surface area contributed by atoms with E-state index in [1.807, 2.05) is 0 Å². The fraction of sp³-hybridized carbons (Fsp3) is 0.0750. The number of benzene rings is 6. The van der Waals surface area contributed by atoms with Gasteiger partial charge in [0.2, 0.25) is 0 Å². The van der Waals surface area contributed by atoms with E-state index in [1.54, 1.807) is 0 Å². The summed E-state index contributed by atoms with van der Waals surface area (Å²) in [6.07, 6.45) is 0. The van der Waals surface area contributed by atoms with E-state index in [0.717, 1.165) is 17.2 Å². The Bertz CT molecular complexity index is 1990. The van der Waals surface area contributed by atoms with Gasteiger partial charge in [0.25, 0.3) is 0 Å². The summed E-state index contributed by atoms with van der Waals surface area (Å²) in [5, 5.41) is 6.27. The largest absolute Gasteiger partial charge is 0.295 e. The Hall–Kier alpha value is -4.99. The zero-order valence-electron chi connectivity index (χ0n) is 24.8. The second-order valence-electron chi connectivity index (χ2n) is 12.1. The molecule has 7 aromatic rings. The first-order valence-corrected chi connectivity index (χ1v) is 18.4. The molecule has 0 spiro atoms. The van der Waals surface area contributed by atoms with Gasteiger partial charge in [0, 0.05) is 16.7 Å². The van der Waals surface area contributed by atoms with E-state index in [0.29, 0.717) is 0 Å². The molecular weight excluding hydrogens is 537 g/mol. The molecule has 7 rings (SSSR count). The molecule has 0 amide bonds. The molecule has 1 aromatic heterocycles. The predicted octanol–water partition coefficient (Wildman–Crippen LogP) is 10.7. The van der Waals surface area contributed by atoms with Gasteiger partial charge in [-0.15, -0.1) is 0 Å². The smallest absolute Gasteiger partial charge is 0.137 e. The van der Waals surface area contributed by atoms with Crippen molar-refractivity contribution < 1.29 is 0 Å². The van der Waals surface area contributed by atoms with Gasteiger partial charge in [-0.2, -0.15) is 0 Å². The lowest BCUT2D eigenvalue weighted by Gasteiger charge is -2.26. The number of aromatic nitrogens is 1. The maximum atomic E-state index is 5.19. The maximum Gasteiger partial charge on any atom is 0.137 e. The highest BCUT2D eigenvalue weighted by Crippen LogP contribution is 2.44. The zero-order chi connectivity index (χ0) is 29.4. The number of rotatable bonds is 6. The van der Waals surface area contributed by atoms with E-state index in [2.05, 4.69) is 176 Å². The van der Waals surface area contributed by atoms with E-state index in [1.165, 1.54) is 49.1 Å². The van der Waals surface area contributed by atoms with Gasteiger partial charge in [-0.25, -0.2) is 4.98 Å². The molecule has 2 nitrogen and oxygen atoms in total. The molecule has 0 radical (unpaired) electrons. The summed E-state index contributed by atoms with van der Waals surface area (Å²) in [4.78, 5) is 7.45. The Balaban J connectivity index is 1.41. The summed E-state index contributed by atoms with van der Waals surface area (Å²) >= 11 is 0. The van der Waals surface area contributed by atoms with Crippen LogP contribution in [0.15, 0.2) is 152 Å². The van der Waals surface area contributed by atoms with Crippen molar-refractivity contribution in [3.8, 4) is 22.3 Å². The number of anilines is 3. The minimum absolute atomic E-state index is 0.946. The lowest BCUT2D eigenvalue weighted by molar-refractivity contribution is 1.19. The minimum Gasteiger partial charge on any atom is -0.295 e. The Morgan fingerprint density at radius 3 is 1.37 bits per heavy atom. The first-order chi connectivity index (χ1) is 21.0. The van der Waals surface area contributed by atoms with Gasteiger partial charge in [-0.3, -0.25) is 4.90 Å². The summed E-state index contributed by atoms with van der Waals surface area (Å²) in [6, 6.07) is 54.4. The molecule has 0 aliphatic carbocycles. The third-order valence-electron chi connectivity index (χ3n) is 8.15. The van der Waals surface area contributed by atoms with Crippen molar-refractivity contribution in [3.05, 3.63) is 152 Å². The molecule has 0 aliphatic heterocycles. The van der Waals surface area contributed by atoms with Crippen LogP contribution in [0.5, 0.6) is 0 Å². The van der Waals surface area contributed by atoms with Crippen LogP contribution in [0.1, 0.15) is 0 Å². The van der Waals surface area contributed by atoms with Crippen molar-refractivity contribution in [2.75, 3.05) is 4.90 Å². The standard InChI is InChI=1S/C40H34N2Si/c1-43(2,3)38-24-14-23-37(41-38)42(31-17-8-5-9-18-31)32-27-25-30(26-28-32)40-35-21-12-10-19-33(35)39(29-15-6-4-7-16-29)34-20-11-13-22-36(34)40/h4-28H,1-3H3. The first kappa shape index (κ1) is 26.9. The van der Waals surface area contributed by atoms with Crippen molar-refractivity contribution in [1.29, 1.82) is 0 Å². The summed E-state index contributed by atoms with van der Waals surface area (Å²) in [5.41, 5.74) is 7.18. The average molecular weight is 571 g/mol. The van der Waals surface area contributed by atoms with E-state index < -0.39 is 8.07 Å². The van der Waals surface area contributed by atoms with Crippen molar-refractivity contribution in [3.63, 3.8) is 0 Å². The number of fused-ring (bicyclic) bond motifs is 2. The highest BCUT2D eigenvalue weighted by molar-refractivity contribution is 6.88. The summed E-state index contributed by atoms with van der Waals surface area (Å²) in [6.45, 7) is 7.04. The van der Waals surface area contributed by atoms with Gasteiger partial charge in [0.1, 0.15) is 13.9 Å². The fourth-order valence-electron chi connectivity index (χ4n) is 6.09. The van der Waals surface area contributed by atoms with Gasteiger partial charge < -0.3 is 0 Å². The number of pyridine rings is 1. The molecule has 3 heteroatoms. The highest BCUT2D eigenvalue weighted by Gasteiger charge is 2.22. The lowest BCUT2D eigenvalue weighted by Crippen LogP contribution is -2.40. The van der Waals surface area contributed by atoms with Crippen molar-refractivity contribution in [2.24, 2.45) is 0 Å². The van der Waals surface area contributed by atoms with Crippen LogP contribution >= 0.6 is 0 Å². The van der Waals surface area contributed by atoms with Gasteiger partial charge >= 0.3 is 0 Å². The van der Waals surface area contributed by atoms with E-state index >= 15 is 0 Å². The minimum atomic E-state index is -1.58. The van der Waals surface area contributed by atoms with E-state index in [9.17, 15) is 0 Å².